The SMILES string of the molecule is O=C(NCC(=O)N(c1cccc(F)c1)C(C(=O)NC1CCCCC1)c1cccnc1)c1ccco1. The maximum Gasteiger partial charge on any atom is 0.287 e. The molecule has 0 radical (unpaired) electrons. The first-order chi connectivity index (χ1) is 17.0. The third kappa shape index (κ3) is 6.11. The van der Waals surface area contributed by atoms with Crippen LogP contribution in [0.2, 0.25) is 0 Å². The second kappa shape index (κ2) is 11.4. The van der Waals surface area contributed by atoms with Gasteiger partial charge in [-0.3, -0.25) is 24.3 Å². The fraction of sp³-hybridized carbons (Fsp3) is 0.308. The fourth-order valence-corrected chi connectivity index (χ4v) is 4.28. The first-order valence-electron chi connectivity index (χ1n) is 11.6. The molecule has 0 bridgehead atoms. The minimum Gasteiger partial charge on any atom is -0.459 e. The van der Waals surface area contributed by atoms with Crippen molar-refractivity contribution in [3.63, 3.8) is 0 Å². The molecular formula is C26H27FN4O4. The topological polar surface area (TPSA) is 105 Å². The van der Waals surface area contributed by atoms with Gasteiger partial charge in [0.1, 0.15) is 11.9 Å². The number of furan rings is 1. The molecule has 0 saturated heterocycles. The molecule has 1 aliphatic carbocycles. The van der Waals surface area contributed by atoms with Gasteiger partial charge in [0.2, 0.25) is 11.8 Å². The lowest BCUT2D eigenvalue weighted by atomic mass is 9.94. The molecule has 0 aliphatic heterocycles. The molecular weight excluding hydrogens is 451 g/mol. The van der Waals surface area contributed by atoms with E-state index in [1.165, 1.54) is 41.6 Å². The van der Waals surface area contributed by atoms with Crippen LogP contribution in [0.5, 0.6) is 0 Å². The zero-order valence-corrected chi connectivity index (χ0v) is 19.2. The normalized spacial score (nSPS) is 14.7. The number of hydrogen-bond donors (Lipinski definition) is 2. The highest BCUT2D eigenvalue weighted by Crippen LogP contribution is 2.29. The maximum absolute atomic E-state index is 14.2. The summed E-state index contributed by atoms with van der Waals surface area (Å²) in [5.74, 6) is -2.07. The van der Waals surface area contributed by atoms with E-state index in [4.69, 9.17) is 4.42 Å². The number of amides is 3. The minimum absolute atomic E-state index is 0.00135. The van der Waals surface area contributed by atoms with E-state index >= 15 is 0 Å². The summed E-state index contributed by atoms with van der Waals surface area (Å²) >= 11 is 0. The third-order valence-corrected chi connectivity index (χ3v) is 5.96. The summed E-state index contributed by atoms with van der Waals surface area (Å²) in [6, 6.07) is 10.7. The molecule has 9 heteroatoms. The van der Waals surface area contributed by atoms with Crippen molar-refractivity contribution in [3.8, 4) is 0 Å². The Morgan fingerprint density at radius 1 is 1.09 bits per heavy atom. The van der Waals surface area contributed by atoms with Crippen LogP contribution in [0.25, 0.3) is 0 Å². The van der Waals surface area contributed by atoms with Gasteiger partial charge in [0.15, 0.2) is 5.76 Å². The van der Waals surface area contributed by atoms with Crippen molar-refractivity contribution in [2.45, 2.75) is 44.2 Å². The Balaban J connectivity index is 1.66. The zero-order chi connectivity index (χ0) is 24.6. The lowest BCUT2D eigenvalue weighted by Crippen LogP contribution is -2.49. The molecule has 1 unspecified atom stereocenters. The third-order valence-electron chi connectivity index (χ3n) is 5.96. The van der Waals surface area contributed by atoms with Gasteiger partial charge in [-0.1, -0.05) is 31.4 Å². The lowest BCUT2D eigenvalue weighted by Gasteiger charge is -2.33. The van der Waals surface area contributed by atoms with Gasteiger partial charge in [0, 0.05) is 29.7 Å². The molecule has 1 aromatic carbocycles. The Bertz CT molecular complexity index is 1150. The van der Waals surface area contributed by atoms with Crippen LogP contribution in [0, 0.1) is 5.82 Å². The van der Waals surface area contributed by atoms with E-state index in [0.717, 1.165) is 32.1 Å². The van der Waals surface area contributed by atoms with Crippen molar-refractivity contribution in [2.75, 3.05) is 11.4 Å². The van der Waals surface area contributed by atoms with Gasteiger partial charge in [0.05, 0.1) is 12.8 Å². The first-order valence-corrected chi connectivity index (χ1v) is 11.6. The zero-order valence-electron chi connectivity index (χ0n) is 19.2. The Hall–Kier alpha value is -4.01. The van der Waals surface area contributed by atoms with Gasteiger partial charge in [-0.15, -0.1) is 0 Å². The number of aromatic nitrogens is 1. The molecule has 1 atom stereocenters. The Labute approximate surface area is 202 Å². The number of carbonyl (C=O) groups is 3. The number of rotatable bonds is 8. The van der Waals surface area contributed by atoms with Crippen LogP contribution < -0.4 is 15.5 Å². The minimum atomic E-state index is -1.11. The van der Waals surface area contributed by atoms with E-state index in [-0.39, 0.29) is 23.4 Å². The summed E-state index contributed by atoms with van der Waals surface area (Å²) in [6.07, 6.45) is 9.31. The molecule has 182 valence electrons. The van der Waals surface area contributed by atoms with Gasteiger partial charge in [0.25, 0.3) is 5.91 Å². The number of benzene rings is 1. The monoisotopic (exact) mass is 478 g/mol. The van der Waals surface area contributed by atoms with Crippen LogP contribution in [0.15, 0.2) is 71.6 Å². The Kier molecular flexibility index (Phi) is 7.87. The predicted molar refractivity (Wildman–Crippen MR) is 127 cm³/mol. The van der Waals surface area contributed by atoms with Crippen molar-refractivity contribution in [2.24, 2.45) is 0 Å². The number of pyridine rings is 1. The first kappa shape index (κ1) is 24.1. The van der Waals surface area contributed by atoms with E-state index in [9.17, 15) is 18.8 Å². The molecule has 2 heterocycles. The number of halogens is 1. The molecule has 1 saturated carbocycles. The molecule has 2 aromatic heterocycles. The lowest BCUT2D eigenvalue weighted by molar-refractivity contribution is -0.127. The second-order valence-corrected chi connectivity index (χ2v) is 8.44. The smallest absolute Gasteiger partial charge is 0.287 e. The van der Waals surface area contributed by atoms with Crippen molar-refractivity contribution in [1.82, 2.24) is 15.6 Å². The number of nitrogens with zero attached hydrogens (tertiary/aromatic N) is 2. The highest BCUT2D eigenvalue weighted by Gasteiger charge is 2.34. The summed E-state index contributed by atoms with van der Waals surface area (Å²) in [6.45, 7) is -0.427. The van der Waals surface area contributed by atoms with Gasteiger partial charge < -0.3 is 15.1 Å². The van der Waals surface area contributed by atoms with Crippen LogP contribution in [-0.2, 0) is 9.59 Å². The van der Waals surface area contributed by atoms with E-state index in [2.05, 4.69) is 15.6 Å². The average molecular weight is 479 g/mol. The molecule has 3 aromatic rings. The Morgan fingerprint density at radius 3 is 2.60 bits per heavy atom. The second-order valence-electron chi connectivity index (χ2n) is 8.44. The summed E-state index contributed by atoms with van der Waals surface area (Å²) < 4.78 is 19.3. The highest BCUT2D eigenvalue weighted by atomic mass is 19.1. The summed E-state index contributed by atoms with van der Waals surface area (Å²) in [4.78, 5) is 44.8. The standard InChI is InChI=1S/C26H27FN4O4/c27-19-8-4-11-21(15-19)31(23(32)17-29-25(33)22-12-6-14-35-22)24(18-7-5-13-28-16-18)26(34)30-20-9-2-1-3-10-20/h4-8,11-16,20,24H,1-3,9-10,17H2,(H,29,33)(H,30,34). The van der Waals surface area contributed by atoms with E-state index in [0.29, 0.717) is 5.56 Å². The van der Waals surface area contributed by atoms with Crippen LogP contribution in [0.3, 0.4) is 0 Å². The van der Waals surface area contributed by atoms with E-state index in [1.807, 2.05) is 0 Å². The highest BCUT2D eigenvalue weighted by molar-refractivity contribution is 6.04. The van der Waals surface area contributed by atoms with Gasteiger partial charge >= 0.3 is 0 Å². The van der Waals surface area contributed by atoms with Crippen molar-refractivity contribution >= 4 is 23.4 Å². The molecule has 1 fully saturated rings. The summed E-state index contributed by atoms with van der Waals surface area (Å²) in [7, 11) is 0. The van der Waals surface area contributed by atoms with Gasteiger partial charge in [-0.05, 0) is 49.2 Å². The Morgan fingerprint density at radius 2 is 1.91 bits per heavy atom. The van der Waals surface area contributed by atoms with Gasteiger partial charge in [-0.2, -0.15) is 0 Å². The number of carbonyl (C=O) groups excluding carboxylic acids is 3. The van der Waals surface area contributed by atoms with Crippen LogP contribution in [0.4, 0.5) is 10.1 Å². The van der Waals surface area contributed by atoms with Crippen molar-refractivity contribution < 1.29 is 23.2 Å². The van der Waals surface area contributed by atoms with Crippen molar-refractivity contribution in [3.05, 3.63) is 84.3 Å². The van der Waals surface area contributed by atoms with E-state index in [1.54, 1.807) is 30.5 Å². The maximum atomic E-state index is 14.2. The van der Waals surface area contributed by atoms with Crippen LogP contribution in [0.1, 0.15) is 54.3 Å². The largest absolute Gasteiger partial charge is 0.459 e. The molecule has 2 N–H and O–H groups in total. The number of hydrogen-bond acceptors (Lipinski definition) is 5. The average Bonchev–Trinajstić information content (AvgIpc) is 3.42. The quantitative estimate of drug-likeness (QED) is 0.513. The van der Waals surface area contributed by atoms with Crippen LogP contribution >= 0.6 is 0 Å². The van der Waals surface area contributed by atoms with Gasteiger partial charge in [-0.25, -0.2) is 4.39 Å². The number of nitrogens with one attached hydrogen (secondary N) is 2. The van der Waals surface area contributed by atoms with E-state index < -0.39 is 30.2 Å². The fourth-order valence-electron chi connectivity index (χ4n) is 4.28. The summed E-state index contributed by atoms with van der Waals surface area (Å²) in [5.41, 5.74) is 0.658. The molecule has 4 rings (SSSR count). The predicted octanol–water partition coefficient (Wildman–Crippen LogP) is 3.77. The molecule has 0 spiro atoms. The van der Waals surface area contributed by atoms with Crippen LogP contribution in [-0.4, -0.2) is 35.3 Å². The molecule has 8 nitrogen and oxygen atoms in total. The molecule has 1 aliphatic rings. The molecule has 3 amide bonds. The van der Waals surface area contributed by atoms with Crippen molar-refractivity contribution in [1.29, 1.82) is 0 Å². The summed E-state index contributed by atoms with van der Waals surface area (Å²) in [5, 5.41) is 5.58. The number of anilines is 1. The molecule has 35 heavy (non-hydrogen) atoms.